The molecule has 2 amide bonds. The normalized spacial score (nSPS) is 14.8. The van der Waals surface area contributed by atoms with Crippen molar-refractivity contribution in [2.24, 2.45) is 0 Å². The first-order valence-electron chi connectivity index (χ1n) is 10.5. The Morgan fingerprint density at radius 2 is 1.70 bits per heavy atom. The van der Waals surface area contributed by atoms with Crippen LogP contribution in [0.15, 0.2) is 85.1 Å². The minimum absolute atomic E-state index is 0.253. The number of methoxy groups -OCH3 is 1. The van der Waals surface area contributed by atoms with Crippen molar-refractivity contribution in [3.63, 3.8) is 0 Å². The van der Waals surface area contributed by atoms with E-state index in [1.54, 1.807) is 36.3 Å². The van der Waals surface area contributed by atoms with Crippen molar-refractivity contribution < 1.29 is 18.3 Å². The summed E-state index contributed by atoms with van der Waals surface area (Å²) in [5, 5.41) is 2.91. The van der Waals surface area contributed by atoms with Crippen LogP contribution in [0.25, 0.3) is 5.69 Å². The van der Waals surface area contributed by atoms with Gasteiger partial charge in [0.05, 0.1) is 25.4 Å². The van der Waals surface area contributed by atoms with E-state index in [-0.39, 0.29) is 12.6 Å². The number of carbonyl (C=O) groups is 1. The Hall–Kier alpha value is -4.13. The van der Waals surface area contributed by atoms with Gasteiger partial charge in [-0.2, -0.15) is 0 Å². The highest BCUT2D eigenvalue weighted by molar-refractivity contribution is 5.90. The molecule has 166 valence electrons. The van der Waals surface area contributed by atoms with Gasteiger partial charge in [0.15, 0.2) is 0 Å². The van der Waals surface area contributed by atoms with Gasteiger partial charge in [-0.15, -0.1) is 0 Å². The third kappa shape index (κ3) is 3.93. The summed E-state index contributed by atoms with van der Waals surface area (Å²) in [6, 6.07) is 20.7. The molecular formula is C26H21F2N3O2. The number of nitrogens with one attached hydrogen (secondary N) is 1. The second-order valence-electron chi connectivity index (χ2n) is 7.82. The van der Waals surface area contributed by atoms with Crippen molar-refractivity contribution in [3.8, 4) is 11.4 Å². The highest BCUT2D eigenvalue weighted by Gasteiger charge is 2.33. The maximum Gasteiger partial charge on any atom is 0.322 e. The molecule has 0 fully saturated rings. The third-order valence-corrected chi connectivity index (χ3v) is 5.77. The van der Waals surface area contributed by atoms with Crippen LogP contribution in [0.1, 0.15) is 22.9 Å². The predicted octanol–water partition coefficient (Wildman–Crippen LogP) is 5.90. The fourth-order valence-electron chi connectivity index (χ4n) is 4.29. The molecule has 3 aromatic carbocycles. The van der Waals surface area contributed by atoms with Crippen molar-refractivity contribution in [2.75, 3.05) is 12.4 Å². The average molecular weight is 445 g/mol. The summed E-state index contributed by atoms with van der Waals surface area (Å²) >= 11 is 0. The van der Waals surface area contributed by atoms with Gasteiger partial charge in [-0.25, -0.2) is 13.6 Å². The molecule has 0 saturated heterocycles. The Balaban J connectivity index is 1.62. The van der Waals surface area contributed by atoms with E-state index in [0.29, 0.717) is 17.0 Å². The maximum atomic E-state index is 14.2. The standard InChI is InChI=1S/C26H21F2N3O2/c1-33-22-10-8-21(9-11-22)29-26(32)31-16-17-5-2-3-6-23(17)30-12-4-7-24(30)25(31)18-13-19(27)15-20(28)14-18/h2-15,25H,16H2,1H3,(H,29,32)/t25-/m1/s1. The fourth-order valence-corrected chi connectivity index (χ4v) is 4.29. The van der Waals surface area contributed by atoms with Crippen LogP contribution >= 0.6 is 0 Å². The molecule has 5 nitrogen and oxygen atoms in total. The lowest BCUT2D eigenvalue weighted by atomic mass is 10.0. The second-order valence-corrected chi connectivity index (χ2v) is 7.82. The maximum absolute atomic E-state index is 14.2. The zero-order chi connectivity index (χ0) is 22.9. The van der Waals surface area contributed by atoms with Crippen LogP contribution in [0.4, 0.5) is 19.3 Å². The summed E-state index contributed by atoms with van der Waals surface area (Å²) in [4.78, 5) is 15.1. The molecule has 1 N–H and O–H groups in total. The summed E-state index contributed by atoms with van der Waals surface area (Å²) < 4.78 is 35.6. The SMILES string of the molecule is COc1ccc(NC(=O)N2Cc3ccccc3-n3cccc3[C@H]2c2cc(F)cc(F)c2)cc1. The zero-order valence-corrected chi connectivity index (χ0v) is 17.8. The zero-order valence-electron chi connectivity index (χ0n) is 17.8. The Bertz CT molecular complexity index is 1300. The molecule has 1 aromatic heterocycles. The number of ether oxygens (including phenoxy) is 1. The van der Waals surface area contributed by atoms with Crippen molar-refractivity contribution >= 4 is 11.7 Å². The van der Waals surface area contributed by atoms with Gasteiger partial charge in [0.25, 0.3) is 0 Å². The number of carbonyl (C=O) groups excluding carboxylic acids is 1. The van der Waals surface area contributed by atoms with Crippen molar-refractivity contribution in [1.29, 1.82) is 0 Å². The number of fused-ring (bicyclic) bond motifs is 3. The number of aromatic nitrogens is 1. The van der Waals surface area contributed by atoms with Crippen LogP contribution in [-0.2, 0) is 6.54 Å². The molecule has 33 heavy (non-hydrogen) atoms. The average Bonchev–Trinajstić information content (AvgIpc) is 3.23. The number of benzene rings is 3. The highest BCUT2D eigenvalue weighted by atomic mass is 19.1. The van der Waals surface area contributed by atoms with Gasteiger partial charge in [-0.05, 0) is 65.7 Å². The molecule has 7 heteroatoms. The largest absolute Gasteiger partial charge is 0.497 e. The van der Waals surface area contributed by atoms with Gasteiger partial charge in [-0.3, -0.25) is 0 Å². The molecule has 1 aliphatic rings. The smallest absolute Gasteiger partial charge is 0.322 e. The van der Waals surface area contributed by atoms with E-state index in [4.69, 9.17) is 4.74 Å². The lowest BCUT2D eigenvalue weighted by Crippen LogP contribution is -2.38. The van der Waals surface area contributed by atoms with Crippen LogP contribution in [-0.4, -0.2) is 22.6 Å². The Morgan fingerprint density at radius 1 is 0.970 bits per heavy atom. The molecule has 0 bridgehead atoms. The Kier molecular flexibility index (Phi) is 5.30. The number of rotatable bonds is 3. The van der Waals surface area contributed by atoms with E-state index in [9.17, 15) is 13.6 Å². The topological polar surface area (TPSA) is 46.5 Å². The van der Waals surface area contributed by atoms with E-state index in [2.05, 4.69) is 5.32 Å². The minimum Gasteiger partial charge on any atom is -0.497 e. The van der Waals surface area contributed by atoms with Crippen LogP contribution in [0, 0.1) is 11.6 Å². The molecule has 4 aromatic rings. The number of amides is 2. The Labute approximate surface area is 189 Å². The van der Waals surface area contributed by atoms with Gasteiger partial charge in [0.1, 0.15) is 17.4 Å². The van der Waals surface area contributed by atoms with E-state index < -0.39 is 17.7 Å². The number of hydrogen-bond acceptors (Lipinski definition) is 2. The van der Waals surface area contributed by atoms with Gasteiger partial charge in [0, 0.05) is 23.6 Å². The summed E-state index contributed by atoms with van der Waals surface area (Å²) in [7, 11) is 1.57. The van der Waals surface area contributed by atoms with Crippen molar-refractivity contribution in [3.05, 3.63) is 114 Å². The lowest BCUT2D eigenvalue weighted by Gasteiger charge is -2.31. The summed E-state index contributed by atoms with van der Waals surface area (Å²) in [5.41, 5.74) is 3.50. The van der Waals surface area contributed by atoms with Crippen LogP contribution in [0.3, 0.4) is 0 Å². The van der Waals surface area contributed by atoms with E-state index in [1.807, 2.05) is 47.2 Å². The number of para-hydroxylation sites is 1. The fraction of sp³-hybridized carbons (Fsp3) is 0.115. The molecule has 2 heterocycles. The van der Waals surface area contributed by atoms with Crippen LogP contribution < -0.4 is 10.1 Å². The van der Waals surface area contributed by atoms with E-state index in [0.717, 1.165) is 23.0 Å². The number of hydrogen-bond donors (Lipinski definition) is 1. The molecule has 0 aliphatic carbocycles. The Morgan fingerprint density at radius 3 is 2.42 bits per heavy atom. The van der Waals surface area contributed by atoms with Crippen molar-refractivity contribution in [2.45, 2.75) is 12.6 Å². The predicted molar refractivity (Wildman–Crippen MR) is 122 cm³/mol. The third-order valence-electron chi connectivity index (χ3n) is 5.77. The molecule has 1 aliphatic heterocycles. The summed E-state index contributed by atoms with van der Waals surface area (Å²) in [6.07, 6.45) is 1.89. The minimum atomic E-state index is -0.712. The quantitative estimate of drug-likeness (QED) is 0.427. The second kappa shape index (κ2) is 8.43. The number of urea groups is 1. The van der Waals surface area contributed by atoms with E-state index >= 15 is 0 Å². The van der Waals surface area contributed by atoms with Crippen LogP contribution in [0.2, 0.25) is 0 Å². The van der Waals surface area contributed by atoms with Gasteiger partial charge < -0.3 is 19.5 Å². The molecule has 0 unspecified atom stereocenters. The monoisotopic (exact) mass is 445 g/mol. The van der Waals surface area contributed by atoms with Crippen LogP contribution in [0.5, 0.6) is 5.75 Å². The lowest BCUT2D eigenvalue weighted by molar-refractivity contribution is 0.194. The number of anilines is 1. The molecule has 5 rings (SSSR count). The summed E-state index contributed by atoms with van der Waals surface area (Å²) in [5.74, 6) is -0.719. The molecule has 0 radical (unpaired) electrons. The first-order valence-corrected chi connectivity index (χ1v) is 10.5. The highest BCUT2D eigenvalue weighted by Crippen LogP contribution is 2.37. The molecule has 0 spiro atoms. The molecular weight excluding hydrogens is 424 g/mol. The van der Waals surface area contributed by atoms with E-state index in [1.165, 1.54) is 12.1 Å². The first kappa shape index (κ1) is 20.8. The van der Waals surface area contributed by atoms with Gasteiger partial charge >= 0.3 is 6.03 Å². The number of halogens is 2. The summed E-state index contributed by atoms with van der Waals surface area (Å²) in [6.45, 7) is 0.253. The van der Waals surface area contributed by atoms with Gasteiger partial charge in [0.2, 0.25) is 0 Å². The first-order chi connectivity index (χ1) is 16.0. The number of nitrogens with zero attached hydrogens (tertiary/aromatic N) is 2. The molecule has 0 saturated carbocycles. The van der Waals surface area contributed by atoms with Gasteiger partial charge in [-0.1, -0.05) is 18.2 Å². The van der Waals surface area contributed by atoms with Crippen molar-refractivity contribution in [1.82, 2.24) is 9.47 Å². The molecule has 1 atom stereocenters.